The molecular weight excluding hydrogens is 304 g/mol. The minimum absolute atomic E-state index is 0.514. The molecule has 2 unspecified atom stereocenters. The molecule has 0 spiro atoms. The number of aliphatic hydroxyl groups excluding tert-OH is 1. The van der Waals surface area contributed by atoms with Crippen molar-refractivity contribution in [1.82, 2.24) is 0 Å². The maximum atomic E-state index is 10.9. The zero-order chi connectivity index (χ0) is 13.9. The van der Waals surface area contributed by atoms with Gasteiger partial charge in [-0.05, 0) is 0 Å². The molecule has 0 amide bonds. The van der Waals surface area contributed by atoms with Crippen LogP contribution in [0, 0.1) is 10.8 Å². The molecular formula is C12H19BrO5. The zero-order valence-electron chi connectivity index (χ0n) is 10.8. The minimum Gasteiger partial charge on any atom is -0.383 e. The molecule has 0 aromatic heterocycles. The molecule has 0 bridgehead atoms. The van der Waals surface area contributed by atoms with E-state index in [1.807, 2.05) is 13.8 Å². The van der Waals surface area contributed by atoms with E-state index in [-0.39, 0.29) is 0 Å². The summed E-state index contributed by atoms with van der Waals surface area (Å²) in [6, 6.07) is 0. The summed E-state index contributed by atoms with van der Waals surface area (Å²) in [5.74, 6) is 0. The van der Waals surface area contributed by atoms with Crippen molar-refractivity contribution >= 4 is 15.9 Å². The third kappa shape index (κ3) is 0.815. The fourth-order valence-electron chi connectivity index (χ4n) is 4.29. The topological polar surface area (TPSA) is 90.2 Å². The van der Waals surface area contributed by atoms with Gasteiger partial charge in [-0.2, -0.15) is 0 Å². The van der Waals surface area contributed by atoms with Gasteiger partial charge in [0, 0.05) is 10.8 Å². The van der Waals surface area contributed by atoms with Crippen molar-refractivity contribution < 1.29 is 25.2 Å². The normalized spacial score (nSPS) is 60.5. The van der Waals surface area contributed by atoms with Gasteiger partial charge in [-0.1, -0.05) is 43.6 Å². The summed E-state index contributed by atoms with van der Waals surface area (Å²) in [5.41, 5.74) is -6.19. The van der Waals surface area contributed by atoms with E-state index in [4.69, 9.17) is 4.74 Å². The Morgan fingerprint density at radius 1 is 1.00 bits per heavy atom. The van der Waals surface area contributed by atoms with Crippen LogP contribution in [0.4, 0.5) is 0 Å². The molecule has 1 saturated heterocycles. The number of halogens is 1. The molecule has 6 atom stereocenters. The number of aliphatic hydroxyl groups is 4. The molecule has 3 fully saturated rings. The van der Waals surface area contributed by atoms with Gasteiger partial charge in [0.25, 0.3) is 0 Å². The van der Waals surface area contributed by atoms with E-state index in [0.717, 1.165) is 0 Å². The number of fused-ring (bicyclic) bond motifs is 3. The van der Waals surface area contributed by atoms with E-state index < -0.39 is 44.9 Å². The third-order valence-corrected chi connectivity index (χ3v) is 6.58. The van der Waals surface area contributed by atoms with Crippen molar-refractivity contribution in [2.75, 3.05) is 0 Å². The number of hydrogen-bond donors (Lipinski definition) is 4. The maximum absolute atomic E-state index is 10.9. The van der Waals surface area contributed by atoms with Crippen LogP contribution in [-0.2, 0) is 4.74 Å². The molecule has 104 valence electrons. The second-order valence-corrected chi connectivity index (χ2v) is 7.80. The van der Waals surface area contributed by atoms with Gasteiger partial charge >= 0.3 is 0 Å². The number of rotatable bonds is 1. The molecule has 2 saturated carbocycles. The van der Waals surface area contributed by atoms with Crippen LogP contribution >= 0.6 is 15.9 Å². The predicted octanol–water partition coefficient (Wildman–Crippen LogP) is -0.260. The van der Waals surface area contributed by atoms with E-state index in [2.05, 4.69) is 15.9 Å². The molecule has 0 aromatic rings. The Kier molecular flexibility index (Phi) is 2.08. The van der Waals surface area contributed by atoms with Crippen LogP contribution in [0.15, 0.2) is 0 Å². The molecule has 3 rings (SSSR count). The predicted molar refractivity (Wildman–Crippen MR) is 66.0 cm³/mol. The van der Waals surface area contributed by atoms with Gasteiger partial charge in [0.15, 0.2) is 0 Å². The summed E-state index contributed by atoms with van der Waals surface area (Å²) in [4.78, 5) is 0. The number of ether oxygens (including phenoxy) is 1. The van der Waals surface area contributed by atoms with Crippen LogP contribution in [0.3, 0.4) is 0 Å². The summed E-state index contributed by atoms with van der Waals surface area (Å²) in [7, 11) is 0. The standard InChI is InChI=1S/C12H19BrO5/c1-8(2)5-11(8,16)12(17)6(18-5)10(15,7(13)14)9(12,3)4/h5-7,14-17H,1-4H3/t5?,6-,7?,10+,11-,12-/m1/s1. The summed E-state index contributed by atoms with van der Waals surface area (Å²) in [5, 5.41) is 40.7. The molecule has 0 aromatic carbocycles. The van der Waals surface area contributed by atoms with Crippen molar-refractivity contribution in [3.8, 4) is 0 Å². The van der Waals surface area contributed by atoms with Gasteiger partial charge in [0.05, 0.1) is 6.10 Å². The van der Waals surface area contributed by atoms with E-state index >= 15 is 0 Å². The average molecular weight is 323 g/mol. The Hall–Kier alpha value is 0.280. The lowest BCUT2D eigenvalue weighted by Crippen LogP contribution is -2.88. The first-order valence-electron chi connectivity index (χ1n) is 6.06. The van der Waals surface area contributed by atoms with Gasteiger partial charge < -0.3 is 25.2 Å². The summed E-state index contributed by atoms with van der Waals surface area (Å²) >= 11 is 2.96. The lowest BCUT2D eigenvalue weighted by Gasteiger charge is -2.68. The first-order chi connectivity index (χ1) is 7.91. The van der Waals surface area contributed by atoms with Crippen LogP contribution in [0.2, 0.25) is 0 Å². The Balaban J connectivity index is 2.10. The van der Waals surface area contributed by atoms with Crippen molar-refractivity contribution in [2.24, 2.45) is 10.8 Å². The second kappa shape index (κ2) is 2.82. The van der Waals surface area contributed by atoms with Crippen molar-refractivity contribution in [3.05, 3.63) is 0 Å². The highest BCUT2D eigenvalue weighted by Gasteiger charge is 2.98. The highest BCUT2D eigenvalue weighted by Crippen LogP contribution is 2.80. The van der Waals surface area contributed by atoms with Crippen LogP contribution in [0.5, 0.6) is 0 Å². The maximum Gasteiger partial charge on any atom is 0.140 e. The Morgan fingerprint density at radius 2 is 1.50 bits per heavy atom. The average Bonchev–Trinajstić information content (AvgIpc) is 2.55. The first-order valence-corrected chi connectivity index (χ1v) is 6.98. The lowest BCUT2D eigenvalue weighted by atomic mass is 9.44. The SMILES string of the molecule is CC1(C)C2O[C@@H]3[C@](O)(C(O)Br)C(C)(C)[C@@]3(O)[C@@]21O. The zero-order valence-corrected chi connectivity index (χ0v) is 12.4. The Bertz CT molecular complexity index is 436. The number of hydrogen-bond acceptors (Lipinski definition) is 5. The molecule has 4 N–H and O–H groups in total. The molecule has 5 nitrogen and oxygen atoms in total. The van der Waals surface area contributed by atoms with Gasteiger partial charge in [-0.25, -0.2) is 0 Å². The summed E-state index contributed by atoms with van der Waals surface area (Å²) < 4.78 is 5.63. The van der Waals surface area contributed by atoms with Gasteiger partial charge in [0.2, 0.25) is 0 Å². The quantitative estimate of drug-likeness (QED) is 0.499. The molecule has 6 heteroatoms. The van der Waals surface area contributed by atoms with E-state index in [1.165, 1.54) is 0 Å². The summed E-state index contributed by atoms with van der Waals surface area (Å²) in [6.45, 7) is 6.91. The number of alkyl halides is 1. The van der Waals surface area contributed by atoms with E-state index in [0.29, 0.717) is 0 Å². The fourth-order valence-corrected chi connectivity index (χ4v) is 5.10. The Labute approximate surface area is 114 Å². The second-order valence-electron chi connectivity index (χ2n) is 6.94. The van der Waals surface area contributed by atoms with Crippen LogP contribution < -0.4 is 0 Å². The molecule has 3 aliphatic rings. The van der Waals surface area contributed by atoms with Crippen LogP contribution in [0.1, 0.15) is 27.7 Å². The fraction of sp³-hybridized carbons (Fsp3) is 1.00. The van der Waals surface area contributed by atoms with Gasteiger partial charge in [-0.15, -0.1) is 0 Å². The smallest absolute Gasteiger partial charge is 0.140 e. The van der Waals surface area contributed by atoms with Crippen molar-refractivity contribution in [2.45, 2.75) is 61.7 Å². The minimum atomic E-state index is -1.62. The first kappa shape index (κ1) is 13.3. The molecule has 2 aliphatic carbocycles. The molecule has 1 aliphatic heterocycles. The van der Waals surface area contributed by atoms with E-state index in [1.54, 1.807) is 13.8 Å². The largest absolute Gasteiger partial charge is 0.383 e. The third-order valence-electron chi connectivity index (χ3n) is 5.88. The monoisotopic (exact) mass is 322 g/mol. The van der Waals surface area contributed by atoms with Gasteiger partial charge in [0.1, 0.15) is 27.9 Å². The lowest BCUT2D eigenvalue weighted by molar-refractivity contribution is -0.383. The van der Waals surface area contributed by atoms with Crippen molar-refractivity contribution in [3.63, 3.8) is 0 Å². The highest BCUT2D eigenvalue weighted by molar-refractivity contribution is 9.09. The highest BCUT2D eigenvalue weighted by atomic mass is 79.9. The van der Waals surface area contributed by atoms with Crippen molar-refractivity contribution in [1.29, 1.82) is 0 Å². The molecule has 0 radical (unpaired) electrons. The Morgan fingerprint density at radius 3 is 1.94 bits per heavy atom. The van der Waals surface area contributed by atoms with Crippen LogP contribution in [0.25, 0.3) is 0 Å². The summed E-state index contributed by atoms with van der Waals surface area (Å²) in [6.07, 6.45) is -1.50. The molecule has 1 heterocycles. The molecule has 18 heavy (non-hydrogen) atoms. The van der Waals surface area contributed by atoms with Crippen LogP contribution in [-0.4, -0.2) is 54.5 Å². The van der Waals surface area contributed by atoms with Gasteiger partial charge in [-0.3, -0.25) is 0 Å². The van der Waals surface area contributed by atoms with E-state index in [9.17, 15) is 20.4 Å².